The van der Waals surface area contributed by atoms with Gasteiger partial charge in [0.1, 0.15) is 17.3 Å². The summed E-state index contributed by atoms with van der Waals surface area (Å²) in [7, 11) is 0. The summed E-state index contributed by atoms with van der Waals surface area (Å²) >= 11 is 0. The van der Waals surface area contributed by atoms with Gasteiger partial charge in [0.25, 0.3) is 0 Å². The third kappa shape index (κ3) is 3.50. The van der Waals surface area contributed by atoms with Crippen LogP contribution in [0.4, 0.5) is 5.82 Å². The number of aryl methyl sites for hydroxylation is 1. The summed E-state index contributed by atoms with van der Waals surface area (Å²) in [6.45, 7) is 9.32. The molecule has 3 heteroatoms. The van der Waals surface area contributed by atoms with Crippen LogP contribution in [-0.2, 0) is 0 Å². The predicted molar refractivity (Wildman–Crippen MR) is 83.7 cm³/mol. The smallest absolute Gasteiger partial charge is 0.132 e. The SMILES string of the molecule is CCNc1cc(Oc2cc(C(C)C)ccc2C)ccn1. The number of hydrogen-bond donors (Lipinski definition) is 1. The van der Waals surface area contributed by atoms with E-state index in [1.165, 1.54) is 5.56 Å². The number of ether oxygens (including phenoxy) is 1. The Morgan fingerprint density at radius 3 is 2.70 bits per heavy atom. The van der Waals surface area contributed by atoms with Gasteiger partial charge in [0.15, 0.2) is 0 Å². The molecule has 0 bridgehead atoms. The normalized spacial score (nSPS) is 10.7. The van der Waals surface area contributed by atoms with Crippen LogP contribution in [0.25, 0.3) is 0 Å². The van der Waals surface area contributed by atoms with Crippen LogP contribution in [0.5, 0.6) is 11.5 Å². The third-order valence-electron chi connectivity index (χ3n) is 3.20. The number of hydrogen-bond acceptors (Lipinski definition) is 3. The van der Waals surface area contributed by atoms with E-state index in [-0.39, 0.29) is 0 Å². The molecule has 2 rings (SSSR count). The highest BCUT2D eigenvalue weighted by molar-refractivity contribution is 5.45. The Balaban J connectivity index is 2.25. The van der Waals surface area contributed by atoms with Gasteiger partial charge in [0.05, 0.1) is 0 Å². The van der Waals surface area contributed by atoms with Gasteiger partial charge in [-0.15, -0.1) is 0 Å². The molecule has 3 nitrogen and oxygen atoms in total. The number of aromatic nitrogens is 1. The molecule has 1 aromatic heterocycles. The van der Waals surface area contributed by atoms with Gasteiger partial charge in [-0.3, -0.25) is 0 Å². The molecule has 0 spiro atoms. The highest BCUT2D eigenvalue weighted by Crippen LogP contribution is 2.29. The summed E-state index contributed by atoms with van der Waals surface area (Å²) in [5, 5.41) is 3.19. The molecule has 0 saturated carbocycles. The Morgan fingerprint density at radius 1 is 1.20 bits per heavy atom. The number of benzene rings is 1. The molecule has 106 valence electrons. The molecular weight excluding hydrogens is 248 g/mol. The van der Waals surface area contributed by atoms with Crippen molar-refractivity contribution in [2.75, 3.05) is 11.9 Å². The average Bonchev–Trinajstić information content (AvgIpc) is 2.42. The Morgan fingerprint density at radius 2 is 2.00 bits per heavy atom. The zero-order chi connectivity index (χ0) is 14.5. The van der Waals surface area contributed by atoms with Crippen LogP contribution in [-0.4, -0.2) is 11.5 Å². The minimum absolute atomic E-state index is 0.493. The van der Waals surface area contributed by atoms with Crippen molar-refractivity contribution in [3.05, 3.63) is 47.7 Å². The van der Waals surface area contributed by atoms with Gasteiger partial charge in [-0.2, -0.15) is 0 Å². The van der Waals surface area contributed by atoms with E-state index in [1.54, 1.807) is 6.20 Å². The number of nitrogens with one attached hydrogen (secondary N) is 1. The molecule has 0 aliphatic carbocycles. The van der Waals surface area contributed by atoms with Crippen LogP contribution in [0.15, 0.2) is 36.5 Å². The molecule has 0 fully saturated rings. The van der Waals surface area contributed by atoms with Crippen LogP contribution in [0.2, 0.25) is 0 Å². The van der Waals surface area contributed by atoms with E-state index in [9.17, 15) is 0 Å². The van der Waals surface area contributed by atoms with Crippen molar-refractivity contribution in [3.8, 4) is 11.5 Å². The van der Waals surface area contributed by atoms with Crippen molar-refractivity contribution < 1.29 is 4.74 Å². The van der Waals surface area contributed by atoms with Crippen molar-refractivity contribution in [3.63, 3.8) is 0 Å². The fraction of sp³-hybridized carbons (Fsp3) is 0.353. The van der Waals surface area contributed by atoms with Crippen LogP contribution in [0.1, 0.15) is 37.8 Å². The van der Waals surface area contributed by atoms with Gasteiger partial charge in [-0.1, -0.05) is 26.0 Å². The maximum Gasteiger partial charge on any atom is 0.132 e. The van der Waals surface area contributed by atoms with Gasteiger partial charge in [-0.05, 0) is 43.0 Å². The topological polar surface area (TPSA) is 34.1 Å². The Bertz CT molecular complexity index is 579. The van der Waals surface area contributed by atoms with Crippen LogP contribution in [0, 0.1) is 6.92 Å². The fourth-order valence-corrected chi connectivity index (χ4v) is 1.97. The first kappa shape index (κ1) is 14.4. The second-order valence-corrected chi connectivity index (χ2v) is 5.19. The van der Waals surface area contributed by atoms with E-state index in [0.717, 1.165) is 29.4 Å². The molecule has 0 unspecified atom stereocenters. The zero-order valence-electron chi connectivity index (χ0n) is 12.6. The standard InChI is InChI=1S/C17H22N2O/c1-5-18-17-11-15(8-9-19-17)20-16-10-14(12(2)3)7-6-13(16)4/h6-12H,5H2,1-4H3,(H,18,19). The highest BCUT2D eigenvalue weighted by atomic mass is 16.5. The Labute approximate surface area is 121 Å². The summed E-state index contributed by atoms with van der Waals surface area (Å²) in [5.41, 5.74) is 2.42. The molecule has 1 heterocycles. The summed E-state index contributed by atoms with van der Waals surface area (Å²) in [6.07, 6.45) is 1.76. The van der Waals surface area contributed by atoms with E-state index < -0.39 is 0 Å². The Kier molecular flexibility index (Phi) is 4.61. The molecule has 20 heavy (non-hydrogen) atoms. The number of rotatable bonds is 5. The lowest BCUT2D eigenvalue weighted by Crippen LogP contribution is -1.99. The monoisotopic (exact) mass is 270 g/mol. The molecule has 0 aliphatic heterocycles. The second-order valence-electron chi connectivity index (χ2n) is 5.19. The van der Waals surface area contributed by atoms with Gasteiger partial charge < -0.3 is 10.1 Å². The molecular formula is C17H22N2O. The van der Waals surface area contributed by atoms with E-state index in [4.69, 9.17) is 4.74 Å². The van der Waals surface area contributed by atoms with Crippen LogP contribution >= 0.6 is 0 Å². The van der Waals surface area contributed by atoms with Crippen LogP contribution in [0.3, 0.4) is 0 Å². The third-order valence-corrected chi connectivity index (χ3v) is 3.20. The van der Waals surface area contributed by atoms with Crippen molar-refractivity contribution in [2.45, 2.75) is 33.6 Å². The summed E-state index contributed by atoms with van der Waals surface area (Å²) < 4.78 is 6.01. The van der Waals surface area contributed by atoms with E-state index >= 15 is 0 Å². The first-order valence-corrected chi connectivity index (χ1v) is 7.08. The van der Waals surface area contributed by atoms with Gasteiger partial charge in [-0.25, -0.2) is 4.98 Å². The maximum atomic E-state index is 6.01. The number of nitrogens with zero attached hydrogens (tertiary/aromatic N) is 1. The maximum absolute atomic E-state index is 6.01. The number of anilines is 1. The summed E-state index contributed by atoms with van der Waals surface area (Å²) in [4.78, 5) is 4.25. The molecule has 0 radical (unpaired) electrons. The van der Waals surface area contributed by atoms with Gasteiger partial charge in [0, 0.05) is 18.8 Å². The van der Waals surface area contributed by atoms with E-state index in [1.807, 2.05) is 19.1 Å². The minimum atomic E-state index is 0.493. The first-order valence-electron chi connectivity index (χ1n) is 7.08. The van der Waals surface area contributed by atoms with E-state index in [2.05, 4.69) is 49.3 Å². The molecule has 2 aromatic rings. The molecule has 0 aliphatic rings. The first-order chi connectivity index (χ1) is 9.60. The summed E-state index contributed by atoms with van der Waals surface area (Å²) in [6, 6.07) is 10.2. The molecule has 0 saturated heterocycles. The molecule has 1 N–H and O–H groups in total. The van der Waals surface area contributed by atoms with Crippen molar-refractivity contribution in [1.82, 2.24) is 4.98 Å². The van der Waals surface area contributed by atoms with Gasteiger partial charge in [0.2, 0.25) is 0 Å². The predicted octanol–water partition coefficient (Wildman–Crippen LogP) is 4.74. The minimum Gasteiger partial charge on any atom is -0.457 e. The van der Waals surface area contributed by atoms with Crippen LogP contribution < -0.4 is 10.1 Å². The summed E-state index contributed by atoms with van der Waals surface area (Å²) in [5.74, 6) is 3.04. The Hall–Kier alpha value is -2.03. The van der Waals surface area contributed by atoms with Crippen molar-refractivity contribution >= 4 is 5.82 Å². The molecule has 0 atom stereocenters. The molecule has 0 amide bonds. The molecule has 1 aromatic carbocycles. The largest absolute Gasteiger partial charge is 0.457 e. The lowest BCUT2D eigenvalue weighted by atomic mass is 10.0. The van der Waals surface area contributed by atoms with Crippen molar-refractivity contribution in [2.24, 2.45) is 0 Å². The van der Waals surface area contributed by atoms with Crippen molar-refractivity contribution in [1.29, 1.82) is 0 Å². The second kappa shape index (κ2) is 6.42. The van der Waals surface area contributed by atoms with E-state index in [0.29, 0.717) is 5.92 Å². The zero-order valence-corrected chi connectivity index (χ0v) is 12.6. The lowest BCUT2D eigenvalue weighted by molar-refractivity contribution is 0.477. The fourth-order valence-electron chi connectivity index (χ4n) is 1.97. The number of pyridine rings is 1. The highest BCUT2D eigenvalue weighted by Gasteiger charge is 2.06. The average molecular weight is 270 g/mol. The lowest BCUT2D eigenvalue weighted by Gasteiger charge is -2.13. The quantitative estimate of drug-likeness (QED) is 0.852. The van der Waals surface area contributed by atoms with Gasteiger partial charge >= 0.3 is 0 Å².